The van der Waals surface area contributed by atoms with Crippen molar-refractivity contribution in [2.24, 2.45) is 0 Å². The van der Waals surface area contributed by atoms with E-state index in [2.05, 4.69) is 72.2 Å². The predicted molar refractivity (Wildman–Crippen MR) is 90.0 cm³/mol. The van der Waals surface area contributed by atoms with Gasteiger partial charge in [0.05, 0.1) is 5.52 Å². The SMILES string of the molecule is CCc1ccc(-n2c3c(c4ccccc42)C=CCC3)cc1. The van der Waals surface area contributed by atoms with Crippen molar-refractivity contribution in [3.05, 3.63) is 71.4 Å². The van der Waals surface area contributed by atoms with Crippen molar-refractivity contribution in [3.8, 4) is 5.69 Å². The van der Waals surface area contributed by atoms with Crippen molar-refractivity contribution in [1.82, 2.24) is 4.57 Å². The molecule has 0 spiro atoms. The first-order chi connectivity index (χ1) is 10.4. The van der Waals surface area contributed by atoms with E-state index in [-0.39, 0.29) is 0 Å². The largest absolute Gasteiger partial charge is 0.313 e. The topological polar surface area (TPSA) is 4.93 Å². The minimum Gasteiger partial charge on any atom is -0.313 e. The Balaban J connectivity index is 2.01. The number of hydrogen-bond acceptors (Lipinski definition) is 0. The van der Waals surface area contributed by atoms with E-state index >= 15 is 0 Å². The standard InChI is InChI=1S/C20H19N/c1-2-15-11-13-16(14-12-15)21-19-9-5-3-7-17(19)18-8-4-6-10-20(18)21/h3-5,7-9,11-14H,2,6,10H2,1H3. The Morgan fingerprint density at radius 1 is 1.00 bits per heavy atom. The molecule has 0 fully saturated rings. The minimum absolute atomic E-state index is 1.09. The van der Waals surface area contributed by atoms with Crippen LogP contribution in [0.3, 0.4) is 0 Å². The molecule has 0 N–H and O–H groups in total. The highest BCUT2D eigenvalue weighted by Gasteiger charge is 2.17. The number of hydrogen-bond donors (Lipinski definition) is 0. The summed E-state index contributed by atoms with van der Waals surface area (Å²) in [5.74, 6) is 0. The van der Waals surface area contributed by atoms with E-state index in [1.54, 1.807) is 0 Å². The van der Waals surface area contributed by atoms with Gasteiger partial charge >= 0.3 is 0 Å². The lowest BCUT2D eigenvalue weighted by Crippen LogP contribution is -2.03. The fraction of sp³-hybridized carbons (Fsp3) is 0.200. The molecule has 0 saturated heterocycles. The molecule has 2 aromatic carbocycles. The molecule has 0 aliphatic heterocycles. The molecule has 0 bridgehead atoms. The van der Waals surface area contributed by atoms with Crippen LogP contribution in [0.25, 0.3) is 22.7 Å². The Kier molecular flexibility index (Phi) is 2.92. The lowest BCUT2D eigenvalue weighted by molar-refractivity contribution is 0.888. The second-order valence-electron chi connectivity index (χ2n) is 5.67. The summed E-state index contributed by atoms with van der Waals surface area (Å²) in [6, 6.07) is 17.7. The molecule has 104 valence electrons. The van der Waals surface area contributed by atoms with Gasteiger partial charge in [0, 0.05) is 22.3 Å². The highest BCUT2D eigenvalue weighted by atomic mass is 15.0. The van der Waals surface area contributed by atoms with Gasteiger partial charge in [-0.05, 0) is 43.0 Å². The normalized spacial score (nSPS) is 13.6. The summed E-state index contributed by atoms with van der Waals surface area (Å²) < 4.78 is 2.44. The first-order valence-corrected chi connectivity index (χ1v) is 7.76. The van der Waals surface area contributed by atoms with Crippen molar-refractivity contribution in [3.63, 3.8) is 0 Å². The van der Waals surface area contributed by atoms with E-state index < -0.39 is 0 Å². The van der Waals surface area contributed by atoms with Crippen molar-refractivity contribution < 1.29 is 0 Å². The second kappa shape index (κ2) is 4.92. The number of allylic oxidation sites excluding steroid dienone is 1. The fourth-order valence-electron chi connectivity index (χ4n) is 3.35. The predicted octanol–water partition coefficient (Wildman–Crippen LogP) is 5.15. The maximum Gasteiger partial charge on any atom is 0.0537 e. The van der Waals surface area contributed by atoms with Crippen LogP contribution < -0.4 is 0 Å². The van der Waals surface area contributed by atoms with Gasteiger partial charge in [-0.15, -0.1) is 0 Å². The van der Waals surface area contributed by atoms with Crippen molar-refractivity contribution in [2.45, 2.75) is 26.2 Å². The number of rotatable bonds is 2. The second-order valence-corrected chi connectivity index (χ2v) is 5.67. The van der Waals surface area contributed by atoms with Crippen LogP contribution in [0.1, 0.15) is 30.2 Å². The quantitative estimate of drug-likeness (QED) is 0.608. The maximum atomic E-state index is 2.44. The van der Waals surface area contributed by atoms with Gasteiger partial charge in [-0.1, -0.05) is 49.4 Å². The van der Waals surface area contributed by atoms with Gasteiger partial charge in [0.2, 0.25) is 0 Å². The van der Waals surface area contributed by atoms with Gasteiger partial charge in [0.15, 0.2) is 0 Å². The van der Waals surface area contributed by atoms with Crippen molar-refractivity contribution in [2.75, 3.05) is 0 Å². The monoisotopic (exact) mass is 273 g/mol. The van der Waals surface area contributed by atoms with E-state index in [0.29, 0.717) is 0 Å². The molecule has 4 rings (SSSR count). The Labute approximate surface area is 125 Å². The van der Waals surface area contributed by atoms with Gasteiger partial charge in [-0.3, -0.25) is 0 Å². The Bertz CT molecular complexity index is 819. The summed E-state index contributed by atoms with van der Waals surface area (Å²) in [4.78, 5) is 0. The third-order valence-corrected chi connectivity index (χ3v) is 4.45. The van der Waals surface area contributed by atoms with Gasteiger partial charge in [-0.25, -0.2) is 0 Å². The Morgan fingerprint density at radius 2 is 1.81 bits per heavy atom. The average molecular weight is 273 g/mol. The zero-order chi connectivity index (χ0) is 14.2. The molecule has 0 atom stereocenters. The van der Waals surface area contributed by atoms with E-state index in [1.165, 1.54) is 33.4 Å². The van der Waals surface area contributed by atoms with Crippen LogP contribution >= 0.6 is 0 Å². The van der Waals surface area contributed by atoms with Crippen LogP contribution in [-0.2, 0) is 12.8 Å². The van der Waals surface area contributed by atoms with E-state index in [1.807, 2.05) is 0 Å². The maximum absolute atomic E-state index is 2.44. The number of nitrogens with zero attached hydrogens (tertiary/aromatic N) is 1. The first kappa shape index (κ1) is 12.5. The third-order valence-electron chi connectivity index (χ3n) is 4.45. The molecule has 1 heteroatoms. The van der Waals surface area contributed by atoms with Crippen LogP contribution in [-0.4, -0.2) is 4.57 Å². The lowest BCUT2D eigenvalue weighted by Gasteiger charge is -2.13. The van der Waals surface area contributed by atoms with Gasteiger partial charge in [0.1, 0.15) is 0 Å². The zero-order valence-electron chi connectivity index (χ0n) is 12.3. The molecule has 1 heterocycles. The number of aromatic nitrogens is 1. The van der Waals surface area contributed by atoms with Crippen LogP contribution in [0.4, 0.5) is 0 Å². The fourth-order valence-corrected chi connectivity index (χ4v) is 3.35. The molecule has 21 heavy (non-hydrogen) atoms. The molecule has 0 saturated carbocycles. The molecular weight excluding hydrogens is 254 g/mol. The zero-order valence-corrected chi connectivity index (χ0v) is 12.3. The first-order valence-electron chi connectivity index (χ1n) is 7.76. The van der Waals surface area contributed by atoms with Gasteiger partial charge < -0.3 is 4.57 Å². The molecule has 0 amide bonds. The molecular formula is C20H19N. The van der Waals surface area contributed by atoms with Gasteiger partial charge in [-0.2, -0.15) is 0 Å². The molecule has 1 aliphatic rings. The van der Waals surface area contributed by atoms with E-state index in [9.17, 15) is 0 Å². The summed E-state index contributed by atoms with van der Waals surface area (Å²) in [6.07, 6.45) is 7.93. The third kappa shape index (κ3) is 1.92. The van der Waals surface area contributed by atoms with Crippen molar-refractivity contribution in [1.29, 1.82) is 0 Å². The molecule has 0 unspecified atom stereocenters. The highest BCUT2D eigenvalue weighted by Crippen LogP contribution is 2.33. The van der Waals surface area contributed by atoms with E-state index in [4.69, 9.17) is 0 Å². The van der Waals surface area contributed by atoms with Crippen LogP contribution in [0.5, 0.6) is 0 Å². The number of para-hydroxylation sites is 1. The van der Waals surface area contributed by atoms with Crippen LogP contribution in [0.15, 0.2) is 54.6 Å². The summed E-state index contributed by atoms with van der Waals surface area (Å²) >= 11 is 0. The highest BCUT2D eigenvalue weighted by molar-refractivity contribution is 5.93. The average Bonchev–Trinajstić information content (AvgIpc) is 2.90. The summed E-state index contributed by atoms with van der Waals surface area (Å²) in [5.41, 5.74) is 6.83. The smallest absolute Gasteiger partial charge is 0.0537 e. The Morgan fingerprint density at radius 3 is 2.62 bits per heavy atom. The lowest BCUT2D eigenvalue weighted by atomic mass is 10.0. The van der Waals surface area contributed by atoms with Crippen molar-refractivity contribution >= 4 is 17.0 Å². The number of fused-ring (bicyclic) bond motifs is 3. The molecule has 0 radical (unpaired) electrons. The summed E-state index contributed by atoms with van der Waals surface area (Å²) in [6.45, 7) is 2.20. The number of aryl methyl sites for hydroxylation is 1. The molecule has 1 nitrogen and oxygen atoms in total. The van der Waals surface area contributed by atoms with Crippen LogP contribution in [0, 0.1) is 0 Å². The molecule has 3 aromatic rings. The van der Waals surface area contributed by atoms with Gasteiger partial charge in [0.25, 0.3) is 0 Å². The molecule has 1 aliphatic carbocycles. The summed E-state index contributed by atoms with van der Waals surface area (Å²) in [5, 5.41) is 1.36. The Hall–Kier alpha value is -2.28. The summed E-state index contributed by atoms with van der Waals surface area (Å²) in [7, 11) is 0. The number of benzene rings is 2. The van der Waals surface area contributed by atoms with E-state index in [0.717, 1.165) is 19.3 Å². The van der Waals surface area contributed by atoms with Crippen LogP contribution in [0.2, 0.25) is 0 Å². The molecule has 1 aromatic heterocycles. The minimum atomic E-state index is 1.09.